The Morgan fingerprint density at radius 2 is 2.35 bits per heavy atom. The number of anilines is 1. The van der Waals surface area contributed by atoms with Crippen molar-refractivity contribution in [3.63, 3.8) is 0 Å². The van der Waals surface area contributed by atoms with E-state index in [0.29, 0.717) is 17.6 Å². The van der Waals surface area contributed by atoms with Crippen LogP contribution >= 0.6 is 0 Å². The average Bonchev–Trinajstić information content (AvgIpc) is 2.97. The summed E-state index contributed by atoms with van der Waals surface area (Å²) >= 11 is 0. The molecule has 2 rings (SSSR count). The zero-order chi connectivity index (χ0) is 14.7. The van der Waals surface area contributed by atoms with Gasteiger partial charge in [0.05, 0.1) is 4.92 Å². The van der Waals surface area contributed by atoms with Gasteiger partial charge in [-0.25, -0.2) is 4.68 Å². The van der Waals surface area contributed by atoms with Crippen LogP contribution < -0.4 is 10.6 Å². The molecule has 1 aromatic heterocycles. The lowest BCUT2D eigenvalue weighted by Gasteiger charge is -2.14. The Hall–Kier alpha value is -1.63. The highest BCUT2D eigenvalue weighted by Gasteiger charge is 2.26. The molecule has 1 aromatic rings. The monoisotopic (exact) mass is 281 g/mol. The fourth-order valence-corrected chi connectivity index (χ4v) is 2.66. The fourth-order valence-electron chi connectivity index (χ4n) is 2.66. The molecule has 1 aliphatic heterocycles. The van der Waals surface area contributed by atoms with Crippen LogP contribution in [0, 0.1) is 17.0 Å². The first-order valence-corrected chi connectivity index (χ1v) is 7.21. The van der Waals surface area contributed by atoms with Gasteiger partial charge in [0, 0.05) is 18.6 Å². The maximum Gasteiger partial charge on any atom is 0.333 e. The smallest absolute Gasteiger partial charge is 0.333 e. The summed E-state index contributed by atoms with van der Waals surface area (Å²) in [5.74, 6) is 0.528. The number of aryl methyl sites for hydroxylation is 1. The molecule has 0 bridgehead atoms. The highest BCUT2D eigenvalue weighted by atomic mass is 16.6. The molecule has 1 aliphatic rings. The maximum absolute atomic E-state index is 11.2. The van der Waals surface area contributed by atoms with E-state index < -0.39 is 0 Å². The summed E-state index contributed by atoms with van der Waals surface area (Å²) < 4.78 is 1.70. The molecule has 112 valence electrons. The van der Waals surface area contributed by atoms with Gasteiger partial charge in [0.25, 0.3) is 0 Å². The molecule has 0 spiro atoms. The molecule has 1 saturated heterocycles. The van der Waals surface area contributed by atoms with Gasteiger partial charge in [-0.15, -0.1) is 0 Å². The molecule has 0 aromatic carbocycles. The number of hydrogen-bond acceptors (Lipinski definition) is 5. The lowest BCUT2D eigenvalue weighted by atomic mass is 10.1. The SMILES string of the molecule is Cc1nn(C(C)C)c(NCCC2CCCN2)c1[N+](=O)[O-]. The lowest BCUT2D eigenvalue weighted by molar-refractivity contribution is -0.384. The molecule has 1 unspecified atom stereocenters. The standard InChI is InChI=1S/C13H23N5O2/c1-9(2)17-13(12(18(19)20)10(3)16-17)15-8-6-11-5-4-7-14-11/h9,11,14-15H,4-8H2,1-3H3. The van der Waals surface area contributed by atoms with Gasteiger partial charge in [-0.1, -0.05) is 0 Å². The summed E-state index contributed by atoms with van der Waals surface area (Å²) in [6, 6.07) is 0.618. The summed E-state index contributed by atoms with van der Waals surface area (Å²) in [6.07, 6.45) is 3.37. The van der Waals surface area contributed by atoms with Crippen LogP contribution in [-0.4, -0.2) is 33.8 Å². The van der Waals surface area contributed by atoms with Crippen LogP contribution in [0.25, 0.3) is 0 Å². The van der Waals surface area contributed by atoms with Gasteiger partial charge in [-0.3, -0.25) is 10.1 Å². The number of nitrogens with one attached hydrogen (secondary N) is 2. The van der Waals surface area contributed by atoms with Crippen molar-refractivity contribution >= 4 is 11.5 Å². The summed E-state index contributed by atoms with van der Waals surface area (Å²) in [5.41, 5.74) is 0.559. The van der Waals surface area contributed by atoms with Gasteiger partial charge in [-0.05, 0) is 46.6 Å². The second-order valence-electron chi connectivity index (χ2n) is 5.59. The number of hydrogen-bond donors (Lipinski definition) is 2. The largest absolute Gasteiger partial charge is 0.364 e. The predicted octanol–water partition coefficient (Wildman–Crippen LogP) is 2.23. The van der Waals surface area contributed by atoms with Crippen LogP contribution in [0.4, 0.5) is 11.5 Å². The summed E-state index contributed by atoms with van der Waals surface area (Å²) in [5, 5.41) is 22.1. The second-order valence-corrected chi connectivity index (χ2v) is 5.59. The molecule has 1 fully saturated rings. The number of nitrogens with zero attached hydrogens (tertiary/aromatic N) is 3. The third-order valence-corrected chi connectivity index (χ3v) is 3.67. The zero-order valence-corrected chi connectivity index (χ0v) is 12.3. The Labute approximate surface area is 118 Å². The van der Waals surface area contributed by atoms with Crippen molar-refractivity contribution in [2.45, 2.75) is 52.1 Å². The van der Waals surface area contributed by atoms with Crippen LogP contribution in [0.3, 0.4) is 0 Å². The lowest BCUT2D eigenvalue weighted by Crippen LogP contribution is -2.24. The minimum absolute atomic E-state index is 0.0921. The van der Waals surface area contributed by atoms with Crippen molar-refractivity contribution in [1.82, 2.24) is 15.1 Å². The van der Waals surface area contributed by atoms with E-state index in [1.807, 2.05) is 13.8 Å². The Bertz CT molecular complexity index is 477. The van der Waals surface area contributed by atoms with E-state index in [9.17, 15) is 10.1 Å². The molecular formula is C13H23N5O2. The minimum atomic E-state index is -0.350. The second kappa shape index (κ2) is 6.21. The molecule has 7 heteroatoms. The van der Waals surface area contributed by atoms with E-state index in [1.54, 1.807) is 11.6 Å². The molecule has 7 nitrogen and oxygen atoms in total. The van der Waals surface area contributed by atoms with Crippen molar-refractivity contribution < 1.29 is 4.92 Å². The molecule has 0 saturated carbocycles. The first-order chi connectivity index (χ1) is 9.50. The summed E-state index contributed by atoms with van der Waals surface area (Å²) in [6.45, 7) is 7.42. The maximum atomic E-state index is 11.2. The number of aromatic nitrogens is 2. The van der Waals surface area contributed by atoms with E-state index in [0.717, 1.165) is 19.5 Å². The molecular weight excluding hydrogens is 258 g/mol. The van der Waals surface area contributed by atoms with Gasteiger partial charge in [-0.2, -0.15) is 5.10 Å². The zero-order valence-electron chi connectivity index (χ0n) is 12.3. The van der Waals surface area contributed by atoms with Crippen molar-refractivity contribution in [1.29, 1.82) is 0 Å². The number of nitro groups is 1. The average molecular weight is 281 g/mol. The molecule has 2 N–H and O–H groups in total. The fraction of sp³-hybridized carbons (Fsp3) is 0.769. The molecule has 0 amide bonds. The molecule has 1 atom stereocenters. The van der Waals surface area contributed by atoms with Gasteiger partial charge < -0.3 is 10.6 Å². The predicted molar refractivity (Wildman–Crippen MR) is 78.1 cm³/mol. The Morgan fingerprint density at radius 1 is 1.60 bits per heavy atom. The summed E-state index contributed by atoms with van der Waals surface area (Å²) in [4.78, 5) is 10.8. The van der Waals surface area contributed by atoms with Gasteiger partial charge in [0.15, 0.2) is 0 Å². The first-order valence-electron chi connectivity index (χ1n) is 7.21. The van der Waals surface area contributed by atoms with Crippen LogP contribution in [0.2, 0.25) is 0 Å². The van der Waals surface area contributed by atoms with Crippen LogP contribution in [0.15, 0.2) is 0 Å². The van der Waals surface area contributed by atoms with Crippen molar-refractivity contribution in [2.24, 2.45) is 0 Å². The highest BCUT2D eigenvalue weighted by Crippen LogP contribution is 2.30. The van der Waals surface area contributed by atoms with E-state index in [-0.39, 0.29) is 16.7 Å². The van der Waals surface area contributed by atoms with Crippen molar-refractivity contribution in [3.05, 3.63) is 15.8 Å². The minimum Gasteiger partial charge on any atom is -0.364 e. The van der Waals surface area contributed by atoms with E-state index in [1.165, 1.54) is 12.8 Å². The topological polar surface area (TPSA) is 85.0 Å². The molecule has 0 aliphatic carbocycles. The molecule has 0 radical (unpaired) electrons. The molecule has 2 heterocycles. The van der Waals surface area contributed by atoms with Gasteiger partial charge >= 0.3 is 5.69 Å². The Balaban J connectivity index is 2.09. The van der Waals surface area contributed by atoms with Gasteiger partial charge in [0.1, 0.15) is 5.69 Å². The Morgan fingerprint density at radius 3 is 2.90 bits per heavy atom. The quantitative estimate of drug-likeness (QED) is 0.617. The normalized spacial score (nSPS) is 18.7. The first kappa shape index (κ1) is 14.8. The summed E-state index contributed by atoms with van der Waals surface area (Å²) in [7, 11) is 0. The Kier molecular flexibility index (Phi) is 4.59. The third-order valence-electron chi connectivity index (χ3n) is 3.67. The van der Waals surface area contributed by atoms with Crippen LogP contribution in [0.5, 0.6) is 0 Å². The number of rotatable bonds is 6. The van der Waals surface area contributed by atoms with E-state index >= 15 is 0 Å². The van der Waals surface area contributed by atoms with Crippen molar-refractivity contribution in [3.8, 4) is 0 Å². The van der Waals surface area contributed by atoms with Crippen molar-refractivity contribution in [2.75, 3.05) is 18.4 Å². The molecule has 20 heavy (non-hydrogen) atoms. The highest BCUT2D eigenvalue weighted by molar-refractivity contribution is 5.59. The van der Waals surface area contributed by atoms with E-state index in [2.05, 4.69) is 15.7 Å². The van der Waals surface area contributed by atoms with E-state index in [4.69, 9.17) is 0 Å². The van der Waals surface area contributed by atoms with Crippen LogP contribution in [0.1, 0.15) is 44.8 Å². The third kappa shape index (κ3) is 3.09. The van der Waals surface area contributed by atoms with Crippen LogP contribution in [-0.2, 0) is 0 Å². The van der Waals surface area contributed by atoms with Gasteiger partial charge in [0.2, 0.25) is 5.82 Å².